The number of hydrogen-bond donors (Lipinski definition) is 2. The highest BCUT2D eigenvalue weighted by Crippen LogP contribution is 2.37. The molecule has 1 aromatic carbocycles. The van der Waals surface area contributed by atoms with Gasteiger partial charge in [0.1, 0.15) is 6.04 Å². The minimum atomic E-state index is -0.0829. The second-order valence-electron chi connectivity index (χ2n) is 10.2. The standard InChI is InChI=1S/C26H38N6O3/c1-2-29-14-16-30(17-15-29)13-9-27-24(33)19-7-11-31(12-8-19)26(35)20-5-6-22-21(18-20)28-25(34)23-4-3-10-32(22)23/h5-6,18-19,23H,2-4,7-17H2,1H3,(H,27,33)(H,28,34). The Morgan fingerprint density at radius 2 is 1.74 bits per heavy atom. The van der Waals surface area contributed by atoms with Gasteiger partial charge in [0.2, 0.25) is 11.8 Å². The molecule has 1 unspecified atom stereocenters. The molecule has 4 heterocycles. The summed E-state index contributed by atoms with van der Waals surface area (Å²) in [5, 5.41) is 6.10. The first-order valence-electron chi connectivity index (χ1n) is 13.3. The van der Waals surface area contributed by atoms with Gasteiger partial charge in [0.05, 0.1) is 11.4 Å². The number of piperazine rings is 1. The van der Waals surface area contributed by atoms with E-state index in [0.29, 0.717) is 38.0 Å². The molecule has 9 heteroatoms. The number of fused-ring (bicyclic) bond motifs is 3. The minimum Gasteiger partial charge on any atom is -0.358 e. The summed E-state index contributed by atoms with van der Waals surface area (Å²) in [4.78, 5) is 47.1. The normalized spacial score (nSPS) is 23.6. The fourth-order valence-electron chi connectivity index (χ4n) is 5.90. The Hall–Kier alpha value is -2.65. The summed E-state index contributed by atoms with van der Waals surface area (Å²) in [5.41, 5.74) is 2.32. The Balaban J connectivity index is 1.08. The lowest BCUT2D eigenvalue weighted by atomic mass is 9.95. The summed E-state index contributed by atoms with van der Waals surface area (Å²) in [5.74, 6) is 0.0668. The van der Waals surface area contributed by atoms with Gasteiger partial charge in [-0.05, 0) is 50.4 Å². The van der Waals surface area contributed by atoms with Crippen molar-refractivity contribution in [3.8, 4) is 0 Å². The number of carbonyl (C=O) groups excluding carboxylic acids is 3. The van der Waals surface area contributed by atoms with Crippen molar-refractivity contribution >= 4 is 29.1 Å². The van der Waals surface area contributed by atoms with Crippen molar-refractivity contribution in [2.45, 2.75) is 38.6 Å². The zero-order valence-corrected chi connectivity index (χ0v) is 20.8. The van der Waals surface area contributed by atoms with Crippen LogP contribution in [0, 0.1) is 5.92 Å². The van der Waals surface area contributed by atoms with Crippen molar-refractivity contribution in [2.75, 3.05) is 75.7 Å². The van der Waals surface area contributed by atoms with E-state index in [1.54, 1.807) is 0 Å². The van der Waals surface area contributed by atoms with Crippen LogP contribution in [0.2, 0.25) is 0 Å². The molecule has 3 amide bonds. The van der Waals surface area contributed by atoms with E-state index in [9.17, 15) is 14.4 Å². The van der Waals surface area contributed by atoms with E-state index >= 15 is 0 Å². The Labute approximate surface area is 207 Å². The highest BCUT2D eigenvalue weighted by Gasteiger charge is 2.37. The van der Waals surface area contributed by atoms with Crippen molar-refractivity contribution in [1.29, 1.82) is 0 Å². The molecule has 3 saturated heterocycles. The van der Waals surface area contributed by atoms with E-state index in [-0.39, 0.29) is 29.7 Å². The number of anilines is 2. The third kappa shape index (κ3) is 5.16. The number of hydrogen-bond acceptors (Lipinski definition) is 6. The fraction of sp³-hybridized carbons (Fsp3) is 0.654. The van der Waals surface area contributed by atoms with Crippen LogP contribution in [-0.4, -0.2) is 104 Å². The Bertz CT molecular complexity index is 952. The molecule has 9 nitrogen and oxygen atoms in total. The third-order valence-electron chi connectivity index (χ3n) is 8.16. The van der Waals surface area contributed by atoms with Gasteiger partial charge in [-0.1, -0.05) is 6.92 Å². The second kappa shape index (κ2) is 10.5. The van der Waals surface area contributed by atoms with Crippen molar-refractivity contribution in [3.05, 3.63) is 23.8 Å². The van der Waals surface area contributed by atoms with E-state index in [1.807, 2.05) is 23.1 Å². The lowest BCUT2D eigenvalue weighted by Crippen LogP contribution is -2.49. The highest BCUT2D eigenvalue weighted by molar-refractivity contribution is 6.06. The van der Waals surface area contributed by atoms with Gasteiger partial charge in [0.15, 0.2) is 0 Å². The summed E-state index contributed by atoms with van der Waals surface area (Å²) in [6.45, 7) is 11.3. The predicted molar refractivity (Wildman–Crippen MR) is 136 cm³/mol. The smallest absolute Gasteiger partial charge is 0.253 e. The molecule has 2 N–H and O–H groups in total. The van der Waals surface area contributed by atoms with Crippen molar-refractivity contribution in [1.82, 2.24) is 20.0 Å². The number of amides is 3. The minimum absolute atomic E-state index is 0.0228. The quantitative estimate of drug-likeness (QED) is 0.634. The van der Waals surface area contributed by atoms with Crippen LogP contribution < -0.4 is 15.5 Å². The van der Waals surface area contributed by atoms with Crippen LogP contribution in [0.4, 0.5) is 11.4 Å². The van der Waals surface area contributed by atoms with Crippen LogP contribution in [-0.2, 0) is 9.59 Å². The second-order valence-corrected chi connectivity index (χ2v) is 10.2. The first kappa shape index (κ1) is 24.1. The molecular weight excluding hydrogens is 444 g/mol. The fourth-order valence-corrected chi connectivity index (χ4v) is 5.90. The van der Waals surface area contributed by atoms with Gasteiger partial charge < -0.3 is 25.3 Å². The van der Waals surface area contributed by atoms with Gasteiger partial charge in [0.25, 0.3) is 5.91 Å². The third-order valence-corrected chi connectivity index (χ3v) is 8.16. The van der Waals surface area contributed by atoms with E-state index in [4.69, 9.17) is 0 Å². The molecule has 4 aliphatic rings. The molecule has 0 spiro atoms. The van der Waals surface area contributed by atoms with E-state index in [2.05, 4.69) is 32.3 Å². The average Bonchev–Trinajstić information content (AvgIpc) is 3.39. The topological polar surface area (TPSA) is 88.2 Å². The lowest BCUT2D eigenvalue weighted by molar-refractivity contribution is -0.126. The molecule has 0 aliphatic carbocycles. The SMILES string of the molecule is CCN1CCN(CCNC(=O)C2CCN(C(=O)c3ccc4c(c3)NC(=O)C3CCCN43)CC2)CC1. The maximum atomic E-state index is 13.2. The van der Waals surface area contributed by atoms with Gasteiger partial charge in [-0.3, -0.25) is 19.3 Å². The number of benzene rings is 1. The van der Waals surface area contributed by atoms with Crippen molar-refractivity contribution in [3.63, 3.8) is 0 Å². The molecule has 0 aromatic heterocycles. The van der Waals surface area contributed by atoms with Gasteiger partial charge in [0, 0.05) is 70.4 Å². The van der Waals surface area contributed by atoms with E-state index in [0.717, 1.165) is 70.0 Å². The van der Waals surface area contributed by atoms with Crippen LogP contribution in [0.1, 0.15) is 43.0 Å². The zero-order chi connectivity index (χ0) is 24.4. The molecule has 1 atom stereocenters. The van der Waals surface area contributed by atoms with Crippen molar-refractivity contribution in [2.24, 2.45) is 5.92 Å². The molecule has 4 aliphatic heterocycles. The van der Waals surface area contributed by atoms with E-state index in [1.165, 1.54) is 0 Å². The monoisotopic (exact) mass is 482 g/mol. The Morgan fingerprint density at radius 1 is 1.00 bits per heavy atom. The molecule has 3 fully saturated rings. The summed E-state index contributed by atoms with van der Waals surface area (Å²) in [6.07, 6.45) is 3.26. The molecule has 0 saturated carbocycles. The first-order valence-corrected chi connectivity index (χ1v) is 13.3. The van der Waals surface area contributed by atoms with Gasteiger partial charge >= 0.3 is 0 Å². The first-order chi connectivity index (χ1) is 17.0. The highest BCUT2D eigenvalue weighted by atomic mass is 16.2. The number of likely N-dealkylation sites (tertiary alicyclic amines) is 1. The molecule has 0 bridgehead atoms. The summed E-state index contributed by atoms with van der Waals surface area (Å²) < 4.78 is 0. The maximum Gasteiger partial charge on any atom is 0.253 e. The predicted octanol–water partition coefficient (Wildman–Crippen LogP) is 1.21. The Kier molecular flexibility index (Phi) is 7.24. The summed E-state index contributed by atoms with van der Waals surface area (Å²) in [6, 6.07) is 5.56. The molecular formula is C26H38N6O3. The number of rotatable bonds is 6. The summed E-state index contributed by atoms with van der Waals surface area (Å²) >= 11 is 0. The van der Waals surface area contributed by atoms with Crippen LogP contribution in [0.15, 0.2) is 18.2 Å². The number of nitrogens with one attached hydrogen (secondary N) is 2. The zero-order valence-electron chi connectivity index (χ0n) is 20.8. The lowest BCUT2D eigenvalue weighted by Gasteiger charge is -2.35. The summed E-state index contributed by atoms with van der Waals surface area (Å²) in [7, 11) is 0. The van der Waals surface area contributed by atoms with Crippen LogP contribution in [0.3, 0.4) is 0 Å². The molecule has 0 radical (unpaired) electrons. The van der Waals surface area contributed by atoms with Crippen LogP contribution in [0.5, 0.6) is 0 Å². The molecule has 1 aromatic rings. The molecule has 190 valence electrons. The van der Waals surface area contributed by atoms with Gasteiger partial charge in [-0.2, -0.15) is 0 Å². The largest absolute Gasteiger partial charge is 0.358 e. The van der Waals surface area contributed by atoms with Gasteiger partial charge in [-0.25, -0.2) is 0 Å². The Morgan fingerprint density at radius 3 is 2.49 bits per heavy atom. The molecule has 35 heavy (non-hydrogen) atoms. The van der Waals surface area contributed by atoms with Crippen molar-refractivity contribution < 1.29 is 14.4 Å². The van der Waals surface area contributed by atoms with E-state index < -0.39 is 0 Å². The van der Waals surface area contributed by atoms with Gasteiger partial charge in [-0.15, -0.1) is 0 Å². The average molecular weight is 483 g/mol. The van der Waals surface area contributed by atoms with Crippen LogP contribution in [0.25, 0.3) is 0 Å². The number of carbonyl (C=O) groups is 3. The number of likely N-dealkylation sites (N-methyl/N-ethyl adjacent to an activating group) is 1. The maximum absolute atomic E-state index is 13.2. The number of nitrogens with zero attached hydrogens (tertiary/aromatic N) is 4. The van der Waals surface area contributed by atoms with Crippen LogP contribution >= 0.6 is 0 Å². The molecule has 5 rings (SSSR count). The number of piperidine rings is 1.